The van der Waals surface area contributed by atoms with Crippen molar-refractivity contribution >= 4 is 23.4 Å². The van der Waals surface area contributed by atoms with Crippen LogP contribution in [0.15, 0.2) is 53.4 Å². The van der Waals surface area contributed by atoms with Crippen LogP contribution in [0, 0.1) is 5.92 Å². The van der Waals surface area contributed by atoms with E-state index in [-0.39, 0.29) is 12.6 Å². The van der Waals surface area contributed by atoms with Crippen molar-refractivity contribution in [3.63, 3.8) is 0 Å². The van der Waals surface area contributed by atoms with Crippen LogP contribution in [0.5, 0.6) is 5.75 Å². The monoisotopic (exact) mass is 391 g/mol. The molecule has 1 aliphatic rings. The number of likely N-dealkylation sites (tertiary alicyclic amines) is 1. The molecule has 1 fully saturated rings. The largest absolute Gasteiger partial charge is 0.493 e. The van der Waals surface area contributed by atoms with Gasteiger partial charge in [-0.3, -0.25) is 4.90 Å². The molecule has 2 atom stereocenters. The van der Waals surface area contributed by atoms with Crippen LogP contribution in [-0.4, -0.2) is 48.6 Å². The van der Waals surface area contributed by atoms with E-state index in [0.29, 0.717) is 12.5 Å². The molecule has 1 heterocycles. The first-order chi connectivity index (χ1) is 12.7. The Kier molecular flexibility index (Phi) is 7.26. The molecule has 2 aromatic rings. The van der Waals surface area contributed by atoms with Crippen molar-refractivity contribution in [3.8, 4) is 5.75 Å². The van der Waals surface area contributed by atoms with Crippen molar-refractivity contribution in [2.24, 2.45) is 5.92 Å². The smallest absolute Gasteiger partial charge is 0.119 e. The zero-order valence-electron chi connectivity index (χ0n) is 15.1. The Morgan fingerprint density at radius 3 is 2.73 bits per heavy atom. The van der Waals surface area contributed by atoms with Crippen molar-refractivity contribution in [1.82, 2.24) is 4.90 Å². The topological polar surface area (TPSA) is 32.7 Å². The second-order valence-electron chi connectivity index (χ2n) is 6.80. The highest BCUT2D eigenvalue weighted by Crippen LogP contribution is 2.25. The Morgan fingerprint density at radius 2 is 2.04 bits per heavy atom. The second-order valence-corrected chi connectivity index (χ2v) is 8.12. The molecule has 0 aromatic heterocycles. The van der Waals surface area contributed by atoms with E-state index in [4.69, 9.17) is 16.3 Å². The number of benzene rings is 2. The number of hydrogen-bond donors (Lipinski definition) is 1. The van der Waals surface area contributed by atoms with Crippen LogP contribution in [0.4, 0.5) is 0 Å². The maximum absolute atomic E-state index is 9.73. The summed E-state index contributed by atoms with van der Waals surface area (Å²) in [6.07, 6.45) is 4.00. The van der Waals surface area contributed by atoms with Crippen molar-refractivity contribution in [2.75, 3.05) is 32.6 Å². The number of rotatable bonds is 8. The lowest BCUT2D eigenvalue weighted by molar-refractivity contribution is 0.159. The molecule has 3 nitrogen and oxygen atoms in total. The minimum absolute atomic E-state index is 0.203. The minimum Gasteiger partial charge on any atom is -0.493 e. The van der Waals surface area contributed by atoms with Crippen molar-refractivity contribution in [2.45, 2.75) is 23.8 Å². The molecule has 5 heteroatoms. The Labute approximate surface area is 165 Å². The van der Waals surface area contributed by atoms with Crippen molar-refractivity contribution in [1.29, 1.82) is 0 Å². The molecule has 1 N–H and O–H groups in total. The zero-order valence-corrected chi connectivity index (χ0v) is 16.7. The average Bonchev–Trinajstić information content (AvgIpc) is 3.07. The number of aliphatic hydroxyl groups excluding tert-OH is 1. The summed E-state index contributed by atoms with van der Waals surface area (Å²) in [4.78, 5) is 3.62. The van der Waals surface area contributed by atoms with Gasteiger partial charge in [-0.25, -0.2) is 0 Å². The van der Waals surface area contributed by atoms with Crippen molar-refractivity contribution in [3.05, 3.63) is 59.1 Å². The van der Waals surface area contributed by atoms with E-state index in [1.165, 1.54) is 10.5 Å². The van der Waals surface area contributed by atoms with Gasteiger partial charge in [-0.15, -0.1) is 11.8 Å². The third-order valence-electron chi connectivity index (χ3n) is 4.95. The molecular formula is C21H26ClNO2S. The summed E-state index contributed by atoms with van der Waals surface area (Å²) in [6.45, 7) is 2.80. The molecule has 0 radical (unpaired) electrons. The average molecular weight is 392 g/mol. The molecule has 2 unspecified atom stereocenters. The van der Waals surface area contributed by atoms with Gasteiger partial charge in [0.15, 0.2) is 0 Å². The van der Waals surface area contributed by atoms with Crippen LogP contribution in [0.25, 0.3) is 0 Å². The summed E-state index contributed by atoms with van der Waals surface area (Å²) in [5.74, 6) is 1.37. The summed E-state index contributed by atoms with van der Waals surface area (Å²) < 4.78 is 5.97. The molecule has 0 bridgehead atoms. The number of halogens is 1. The minimum atomic E-state index is 0.203. The predicted molar refractivity (Wildman–Crippen MR) is 109 cm³/mol. The fourth-order valence-corrected chi connectivity index (χ4v) is 4.15. The molecule has 3 rings (SSSR count). The first-order valence-corrected chi connectivity index (χ1v) is 10.6. The molecule has 0 amide bonds. The van der Waals surface area contributed by atoms with E-state index in [1.54, 1.807) is 11.8 Å². The van der Waals surface area contributed by atoms with Crippen LogP contribution in [0.2, 0.25) is 5.02 Å². The third kappa shape index (κ3) is 5.40. The van der Waals surface area contributed by atoms with Crippen LogP contribution < -0.4 is 4.74 Å². The van der Waals surface area contributed by atoms with Crippen LogP contribution in [0.3, 0.4) is 0 Å². The number of hydrogen-bond acceptors (Lipinski definition) is 4. The van der Waals surface area contributed by atoms with E-state index in [1.807, 2.05) is 30.3 Å². The Balaban J connectivity index is 1.49. The lowest BCUT2D eigenvalue weighted by Gasteiger charge is -2.22. The number of nitrogens with zero attached hydrogens (tertiary/aromatic N) is 1. The molecular weight excluding hydrogens is 366 g/mol. The van der Waals surface area contributed by atoms with Gasteiger partial charge >= 0.3 is 0 Å². The number of ether oxygens (including phenoxy) is 1. The predicted octanol–water partition coefficient (Wildman–Crippen LogP) is 4.37. The fraction of sp³-hybridized carbons (Fsp3) is 0.429. The molecule has 0 aliphatic carbocycles. The highest BCUT2D eigenvalue weighted by Gasteiger charge is 2.31. The Morgan fingerprint density at radius 1 is 1.23 bits per heavy atom. The molecule has 1 saturated heterocycles. The van der Waals surface area contributed by atoms with Crippen molar-refractivity contribution < 1.29 is 9.84 Å². The highest BCUT2D eigenvalue weighted by atomic mass is 35.5. The fourth-order valence-electron chi connectivity index (χ4n) is 3.52. The van der Waals surface area contributed by atoms with Crippen LogP contribution in [0.1, 0.15) is 12.0 Å². The first-order valence-electron chi connectivity index (χ1n) is 9.04. The lowest BCUT2D eigenvalue weighted by atomic mass is 10.1. The van der Waals surface area contributed by atoms with E-state index < -0.39 is 0 Å². The zero-order chi connectivity index (χ0) is 18.4. The SMILES string of the molecule is CSc1ccc(OCC2CC(CO)N(CCc3cccc(Cl)c3)C2)cc1. The number of thioether (sulfide) groups is 1. The molecule has 140 valence electrons. The standard InChI is InChI=1S/C21H26ClNO2S/c1-26-21-7-5-20(6-8-21)25-15-17-12-19(14-24)23(13-17)10-9-16-3-2-4-18(22)11-16/h2-8,11,17,19,24H,9-10,12-15H2,1H3. The highest BCUT2D eigenvalue weighted by molar-refractivity contribution is 7.98. The molecule has 0 saturated carbocycles. The first kappa shape index (κ1) is 19.6. The second kappa shape index (κ2) is 9.65. The van der Waals surface area contributed by atoms with E-state index in [0.717, 1.165) is 36.7 Å². The van der Waals surface area contributed by atoms with Gasteiger partial charge < -0.3 is 9.84 Å². The van der Waals surface area contributed by atoms with Gasteiger partial charge in [-0.05, 0) is 61.1 Å². The van der Waals surface area contributed by atoms with Crippen LogP contribution in [-0.2, 0) is 6.42 Å². The van der Waals surface area contributed by atoms with E-state index >= 15 is 0 Å². The Bertz CT molecular complexity index is 695. The van der Waals surface area contributed by atoms with Crippen LogP contribution >= 0.6 is 23.4 Å². The summed E-state index contributed by atoms with van der Waals surface area (Å²) in [5, 5.41) is 10.5. The molecule has 0 spiro atoms. The van der Waals surface area contributed by atoms with E-state index in [2.05, 4.69) is 29.4 Å². The van der Waals surface area contributed by atoms with E-state index in [9.17, 15) is 5.11 Å². The Hall–Kier alpha value is -1.20. The normalized spacial score (nSPS) is 20.4. The van der Waals surface area contributed by atoms with Gasteiger partial charge in [-0.2, -0.15) is 0 Å². The maximum atomic E-state index is 9.73. The number of aliphatic hydroxyl groups is 1. The van der Waals surface area contributed by atoms with Gasteiger partial charge in [0.2, 0.25) is 0 Å². The van der Waals surface area contributed by atoms with Gasteiger partial charge in [0.05, 0.1) is 13.2 Å². The maximum Gasteiger partial charge on any atom is 0.119 e. The summed E-state index contributed by atoms with van der Waals surface area (Å²) in [5.41, 5.74) is 1.24. The third-order valence-corrected chi connectivity index (χ3v) is 5.93. The molecule has 26 heavy (non-hydrogen) atoms. The molecule has 1 aliphatic heterocycles. The van der Waals surface area contributed by atoms with Gasteiger partial charge in [0.1, 0.15) is 5.75 Å². The van der Waals surface area contributed by atoms with Gasteiger partial charge in [-0.1, -0.05) is 23.7 Å². The quantitative estimate of drug-likeness (QED) is 0.677. The summed E-state index contributed by atoms with van der Waals surface area (Å²) >= 11 is 7.80. The van der Waals surface area contributed by atoms with Gasteiger partial charge in [0, 0.05) is 35.0 Å². The summed E-state index contributed by atoms with van der Waals surface area (Å²) in [6, 6.07) is 16.5. The lowest BCUT2D eigenvalue weighted by Crippen LogP contribution is -2.34. The molecule has 2 aromatic carbocycles. The summed E-state index contributed by atoms with van der Waals surface area (Å²) in [7, 11) is 0. The van der Waals surface area contributed by atoms with Gasteiger partial charge in [0.25, 0.3) is 0 Å².